The van der Waals surface area contributed by atoms with Crippen molar-refractivity contribution in [3.05, 3.63) is 53.6 Å². The SMILES string of the molecule is C[C@H]1CCCCN1c1nc(-c2ccccc2)c2cc(Cl)ccc2n1. The standard InChI is InChI=1S/C20H20ClN3/c1-14-7-5-6-12-24(14)20-22-18-11-10-16(21)13-17(18)19(23-20)15-8-3-2-4-9-15/h2-4,8-11,13-14H,5-7,12H2,1H3/t14-/m0/s1. The molecule has 0 aliphatic carbocycles. The van der Waals surface area contributed by atoms with E-state index in [4.69, 9.17) is 21.6 Å². The molecule has 0 saturated carbocycles. The molecule has 4 heteroatoms. The fourth-order valence-corrected chi connectivity index (χ4v) is 3.60. The van der Waals surface area contributed by atoms with Crippen LogP contribution in [0.25, 0.3) is 22.2 Å². The van der Waals surface area contributed by atoms with Crippen LogP contribution in [0.15, 0.2) is 48.5 Å². The van der Waals surface area contributed by atoms with Gasteiger partial charge in [0, 0.05) is 28.6 Å². The summed E-state index contributed by atoms with van der Waals surface area (Å²) in [6.45, 7) is 3.28. The lowest BCUT2D eigenvalue weighted by molar-refractivity contribution is 0.478. The Labute approximate surface area is 147 Å². The minimum absolute atomic E-state index is 0.479. The lowest BCUT2D eigenvalue weighted by Gasteiger charge is -2.33. The molecule has 0 spiro atoms. The van der Waals surface area contributed by atoms with Crippen molar-refractivity contribution in [1.82, 2.24) is 9.97 Å². The summed E-state index contributed by atoms with van der Waals surface area (Å²) < 4.78 is 0. The Bertz CT molecular complexity index is 863. The summed E-state index contributed by atoms with van der Waals surface area (Å²) in [7, 11) is 0. The van der Waals surface area contributed by atoms with E-state index < -0.39 is 0 Å². The van der Waals surface area contributed by atoms with Gasteiger partial charge in [-0.1, -0.05) is 41.9 Å². The van der Waals surface area contributed by atoms with Crippen LogP contribution >= 0.6 is 11.6 Å². The topological polar surface area (TPSA) is 29.0 Å². The highest BCUT2D eigenvalue weighted by Gasteiger charge is 2.22. The minimum Gasteiger partial charge on any atom is -0.338 e. The van der Waals surface area contributed by atoms with Crippen molar-refractivity contribution < 1.29 is 0 Å². The number of hydrogen-bond acceptors (Lipinski definition) is 3. The van der Waals surface area contributed by atoms with E-state index >= 15 is 0 Å². The molecule has 2 heterocycles. The summed E-state index contributed by atoms with van der Waals surface area (Å²) in [5.74, 6) is 0.830. The summed E-state index contributed by atoms with van der Waals surface area (Å²) in [6.07, 6.45) is 3.68. The van der Waals surface area contributed by atoms with Gasteiger partial charge in [0.15, 0.2) is 0 Å². The van der Waals surface area contributed by atoms with Gasteiger partial charge >= 0.3 is 0 Å². The van der Waals surface area contributed by atoms with Crippen LogP contribution in [0, 0.1) is 0 Å². The molecule has 1 aliphatic rings. The Kier molecular flexibility index (Phi) is 4.11. The second kappa shape index (κ2) is 6.40. The van der Waals surface area contributed by atoms with Gasteiger partial charge in [-0.25, -0.2) is 9.97 Å². The monoisotopic (exact) mass is 337 g/mol. The van der Waals surface area contributed by atoms with Crippen LogP contribution in [-0.4, -0.2) is 22.6 Å². The highest BCUT2D eigenvalue weighted by atomic mass is 35.5. The van der Waals surface area contributed by atoms with Gasteiger partial charge in [0.25, 0.3) is 0 Å². The number of halogens is 1. The second-order valence-corrected chi connectivity index (χ2v) is 6.87. The first-order chi connectivity index (χ1) is 11.7. The van der Waals surface area contributed by atoms with E-state index in [9.17, 15) is 0 Å². The molecule has 122 valence electrons. The third-order valence-corrected chi connectivity index (χ3v) is 4.99. The molecule has 1 fully saturated rings. The molecule has 1 atom stereocenters. The normalized spacial score (nSPS) is 18.1. The van der Waals surface area contributed by atoms with Crippen molar-refractivity contribution in [3.8, 4) is 11.3 Å². The van der Waals surface area contributed by atoms with Crippen molar-refractivity contribution in [2.24, 2.45) is 0 Å². The number of rotatable bonds is 2. The predicted molar refractivity (Wildman–Crippen MR) is 101 cm³/mol. The Morgan fingerprint density at radius 3 is 2.67 bits per heavy atom. The first kappa shape index (κ1) is 15.4. The average Bonchev–Trinajstić information content (AvgIpc) is 2.62. The molecule has 4 rings (SSSR count). The third kappa shape index (κ3) is 2.84. The molecular weight excluding hydrogens is 318 g/mol. The number of hydrogen-bond donors (Lipinski definition) is 0. The maximum Gasteiger partial charge on any atom is 0.226 e. The van der Waals surface area contributed by atoms with Gasteiger partial charge in [-0.15, -0.1) is 0 Å². The Morgan fingerprint density at radius 2 is 1.88 bits per heavy atom. The highest BCUT2D eigenvalue weighted by Crippen LogP contribution is 2.31. The Morgan fingerprint density at radius 1 is 1.04 bits per heavy atom. The molecule has 0 unspecified atom stereocenters. The first-order valence-corrected chi connectivity index (χ1v) is 8.89. The van der Waals surface area contributed by atoms with E-state index in [0.717, 1.165) is 34.7 Å². The number of anilines is 1. The van der Waals surface area contributed by atoms with Crippen molar-refractivity contribution >= 4 is 28.5 Å². The fraction of sp³-hybridized carbons (Fsp3) is 0.300. The molecule has 1 aliphatic heterocycles. The van der Waals surface area contributed by atoms with Crippen LogP contribution in [0.5, 0.6) is 0 Å². The molecule has 1 aromatic heterocycles. The molecule has 0 bridgehead atoms. The lowest BCUT2D eigenvalue weighted by Crippen LogP contribution is -2.38. The molecule has 0 radical (unpaired) electrons. The lowest BCUT2D eigenvalue weighted by atomic mass is 10.0. The van der Waals surface area contributed by atoms with Crippen molar-refractivity contribution in [3.63, 3.8) is 0 Å². The Balaban J connectivity index is 1.92. The molecule has 0 amide bonds. The molecule has 3 aromatic rings. The highest BCUT2D eigenvalue weighted by molar-refractivity contribution is 6.31. The first-order valence-electron chi connectivity index (χ1n) is 8.52. The zero-order valence-corrected chi connectivity index (χ0v) is 14.5. The maximum atomic E-state index is 6.22. The largest absolute Gasteiger partial charge is 0.338 e. The van der Waals surface area contributed by atoms with Gasteiger partial charge in [0.05, 0.1) is 11.2 Å². The van der Waals surface area contributed by atoms with Gasteiger partial charge in [0.2, 0.25) is 5.95 Å². The average molecular weight is 338 g/mol. The number of nitrogens with zero attached hydrogens (tertiary/aromatic N) is 3. The van der Waals surface area contributed by atoms with Crippen LogP contribution in [0.4, 0.5) is 5.95 Å². The van der Waals surface area contributed by atoms with E-state index in [-0.39, 0.29) is 0 Å². The molecule has 2 aromatic carbocycles. The van der Waals surface area contributed by atoms with E-state index in [1.165, 1.54) is 19.3 Å². The van der Waals surface area contributed by atoms with Crippen molar-refractivity contribution in [1.29, 1.82) is 0 Å². The van der Waals surface area contributed by atoms with E-state index in [0.29, 0.717) is 11.1 Å². The summed E-state index contributed by atoms with van der Waals surface area (Å²) in [5, 5.41) is 1.71. The molecular formula is C20H20ClN3. The van der Waals surface area contributed by atoms with Crippen LogP contribution in [0.3, 0.4) is 0 Å². The second-order valence-electron chi connectivity index (χ2n) is 6.44. The van der Waals surface area contributed by atoms with Crippen LogP contribution < -0.4 is 4.90 Å². The van der Waals surface area contributed by atoms with E-state index in [2.05, 4.69) is 24.0 Å². The van der Waals surface area contributed by atoms with Gasteiger partial charge in [0.1, 0.15) is 0 Å². The van der Waals surface area contributed by atoms with Crippen LogP contribution in [-0.2, 0) is 0 Å². The zero-order valence-electron chi connectivity index (χ0n) is 13.7. The van der Waals surface area contributed by atoms with Crippen LogP contribution in [0.1, 0.15) is 26.2 Å². The summed E-state index contributed by atoms with van der Waals surface area (Å²) in [5.41, 5.74) is 3.00. The fourth-order valence-electron chi connectivity index (χ4n) is 3.43. The summed E-state index contributed by atoms with van der Waals surface area (Å²) >= 11 is 6.22. The van der Waals surface area contributed by atoms with Gasteiger partial charge in [-0.3, -0.25) is 0 Å². The van der Waals surface area contributed by atoms with Gasteiger partial charge in [-0.05, 0) is 44.4 Å². The van der Waals surface area contributed by atoms with Crippen molar-refractivity contribution in [2.75, 3.05) is 11.4 Å². The predicted octanol–water partition coefficient (Wildman–Crippen LogP) is 5.33. The molecule has 1 saturated heterocycles. The van der Waals surface area contributed by atoms with E-state index in [1.54, 1.807) is 0 Å². The number of aromatic nitrogens is 2. The quantitative estimate of drug-likeness (QED) is 0.633. The molecule has 0 N–H and O–H groups in total. The van der Waals surface area contributed by atoms with Gasteiger partial charge in [-0.2, -0.15) is 0 Å². The summed E-state index contributed by atoms with van der Waals surface area (Å²) in [6, 6.07) is 16.6. The molecule has 3 nitrogen and oxygen atoms in total. The molecule has 24 heavy (non-hydrogen) atoms. The third-order valence-electron chi connectivity index (χ3n) is 4.75. The van der Waals surface area contributed by atoms with E-state index in [1.807, 2.05) is 36.4 Å². The van der Waals surface area contributed by atoms with Gasteiger partial charge < -0.3 is 4.90 Å². The Hall–Kier alpha value is -2.13. The smallest absolute Gasteiger partial charge is 0.226 e. The zero-order chi connectivity index (χ0) is 16.5. The minimum atomic E-state index is 0.479. The summed E-state index contributed by atoms with van der Waals surface area (Å²) in [4.78, 5) is 12.1. The number of fused-ring (bicyclic) bond motifs is 1. The maximum absolute atomic E-state index is 6.22. The number of benzene rings is 2. The van der Waals surface area contributed by atoms with Crippen molar-refractivity contribution in [2.45, 2.75) is 32.2 Å². The van der Waals surface area contributed by atoms with Crippen LogP contribution in [0.2, 0.25) is 5.02 Å². The number of piperidine rings is 1.